The van der Waals surface area contributed by atoms with Gasteiger partial charge in [-0.1, -0.05) is 55.5 Å². The molecule has 0 bridgehead atoms. The van der Waals surface area contributed by atoms with Gasteiger partial charge >= 0.3 is 6.03 Å². The van der Waals surface area contributed by atoms with Crippen molar-refractivity contribution in [2.45, 2.75) is 58.0 Å². The second-order valence-corrected chi connectivity index (χ2v) is 11.4. The summed E-state index contributed by atoms with van der Waals surface area (Å²) in [7, 11) is 0. The third-order valence-corrected chi connectivity index (χ3v) is 9.17. The molecule has 1 heterocycles. The number of hydrogen-bond acceptors (Lipinski definition) is 3. The first-order chi connectivity index (χ1) is 20.4. The Morgan fingerprint density at radius 3 is 2.19 bits per heavy atom. The van der Waals surface area contributed by atoms with Gasteiger partial charge in [0.2, 0.25) is 5.91 Å². The zero-order chi connectivity index (χ0) is 29.6. The average Bonchev–Trinajstić information content (AvgIpc) is 3.17. The summed E-state index contributed by atoms with van der Waals surface area (Å²) in [6, 6.07) is 25.9. The van der Waals surface area contributed by atoms with Crippen molar-refractivity contribution in [2.24, 2.45) is 11.8 Å². The van der Waals surface area contributed by atoms with E-state index in [9.17, 15) is 14.0 Å². The maximum atomic E-state index is 14.2. The molecule has 0 aromatic heterocycles. The van der Waals surface area contributed by atoms with Crippen LogP contribution >= 0.6 is 0 Å². The van der Waals surface area contributed by atoms with Crippen LogP contribution in [0.1, 0.15) is 51.5 Å². The van der Waals surface area contributed by atoms with Crippen molar-refractivity contribution in [3.8, 4) is 5.75 Å². The van der Waals surface area contributed by atoms with E-state index in [1.165, 1.54) is 17.7 Å². The molecule has 2 fully saturated rings. The third-order valence-electron chi connectivity index (χ3n) is 9.17. The van der Waals surface area contributed by atoms with Crippen LogP contribution in [0.2, 0.25) is 0 Å². The van der Waals surface area contributed by atoms with Crippen LogP contribution in [-0.4, -0.2) is 60.1 Å². The number of ether oxygens (including phenoxy) is 1. The summed E-state index contributed by atoms with van der Waals surface area (Å²) >= 11 is 0. The Balaban J connectivity index is 1.49. The number of para-hydroxylation sites is 1. The van der Waals surface area contributed by atoms with Crippen molar-refractivity contribution in [3.05, 3.63) is 96.3 Å². The van der Waals surface area contributed by atoms with E-state index in [0.29, 0.717) is 44.8 Å². The van der Waals surface area contributed by atoms with Gasteiger partial charge in [0.05, 0.1) is 18.7 Å². The van der Waals surface area contributed by atoms with Crippen LogP contribution in [0.25, 0.3) is 0 Å². The van der Waals surface area contributed by atoms with Gasteiger partial charge in [-0.2, -0.15) is 0 Å². The second kappa shape index (κ2) is 13.4. The Bertz CT molecular complexity index is 1320. The van der Waals surface area contributed by atoms with Crippen LogP contribution in [0.15, 0.2) is 84.9 Å². The SMILES string of the molecule is CCN(CC)C(=O)[C@H]1C[C@@H]2[C@H](C[C@@H](c3ccccc3)[C@H]1C)N(c1ccc(F)cc1)C(=O)N2CCCOc1ccccc1. The molecule has 1 saturated carbocycles. The number of rotatable bonds is 10. The fourth-order valence-corrected chi connectivity index (χ4v) is 6.92. The molecule has 5 rings (SSSR count). The van der Waals surface area contributed by atoms with Crippen molar-refractivity contribution in [2.75, 3.05) is 31.1 Å². The number of benzene rings is 3. The number of fused-ring (bicyclic) bond motifs is 1. The van der Waals surface area contributed by atoms with Gasteiger partial charge in [0.1, 0.15) is 11.6 Å². The van der Waals surface area contributed by atoms with Gasteiger partial charge in [-0.15, -0.1) is 0 Å². The highest BCUT2D eigenvalue weighted by Crippen LogP contribution is 2.46. The van der Waals surface area contributed by atoms with E-state index in [1.54, 1.807) is 12.1 Å². The molecule has 6 nitrogen and oxygen atoms in total. The molecular weight excluding hydrogens is 529 g/mol. The van der Waals surface area contributed by atoms with Gasteiger partial charge in [-0.25, -0.2) is 9.18 Å². The number of anilines is 1. The molecule has 1 aliphatic heterocycles. The molecule has 0 spiro atoms. The highest BCUT2D eigenvalue weighted by Gasteiger charge is 2.52. The molecule has 2 aliphatic rings. The largest absolute Gasteiger partial charge is 0.494 e. The molecule has 3 amide bonds. The van der Waals surface area contributed by atoms with E-state index in [0.717, 1.165) is 12.2 Å². The van der Waals surface area contributed by atoms with Crippen molar-refractivity contribution in [1.82, 2.24) is 9.80 Å². The van der Waals surface area contributed by atoms with Crippen LogP contribution in [0.3, 0.4) is 0 Å². The summed E-state index contributed by atoms with van der Waals surface area (Å²) in [6.07, 6.45) is 1.97. The number of urea groups is 1. The van der Waals surface area contributed by atoms with Crippen LogP contribution < -0.4 is 9.64 Å². The minimum absolute atomic E-state index is 0.0829. The molecule has 42 heavy (non-hydrogen) atoms. The molecule has 222 valence electrons. The summed E-state index contributed by atoms with van der Waals surface area (Å²) in [4.78, 5) is 34.0. The highest BCUT2D eigenvalue weighted by atomic mass is 19.1. The van der Waals surface area contributed by atoms with E-state index in [2.05, 4.69) is 19.1 Å². The topological polar surface area (TPSA) is 53.1 Å². The molecule has 7 heteroatoms. The molecule has 0 radical (unpaired) electrons. The lowest BCUT2D eigenvalue weighted by Crippen LogP contribution is -2.43. The minimum atomic E-state index is -0.335. The summed E-state index contributed by atoms with van der Waals surface area (Å²) < 4.78 is 19.9. The average molecular weight is 572 g/mol. The Labute approximate surface area is 249 Å². The first-order valence-electron chi connectivity index (χ1n) is 15.3. The van der Waals surface area contributed by atoms with E-state index in [-0.39, 0.29) is 47.6 Å². The predicted octanol–water partition coefficient (Wildman–Crippen LogP) is 6.97. The summed E-state index contributed by atoms with van der Waals surface area (Å²) in [5.74, 6) is 0.568. The Hall–Kier alpha value is -3.87. The molecule has 5 atom stereocenters. The monoisotopic (exact) mass is 571 g/mol. The Morgan fingerprint density at radius 1 is 0.905 bits per heavy atom. The van der Waals surface area contributed by atoms with E-state index < -0.39 is 0 Å². The van der Waals surface area contributed by atoms with E-state index >= 15 is 0 Å². The maximum Gasteiger partial charge on any atom is 0.325 e. The minimum Gasteiger partial charge on any atom is -0.494 e. The first kappa shape index (κ1) is 29.6. The third kappa shape index (κ3) is 6.15. The van der Waals surface area contributed by atoms with Crippen molar-refractivity contribution in [3.63, 3.8) is 0 Å². The standard InChI is InChI=1S/C35H42FN3O3/c1-4-37(5-2)34(40)31-24-32-33(23-30(25(31)3)26-13-8-6-9-14-26)39(28-19-17-27(36)18-20-28)35(41)38(32)21-12-22-42-29-15-10-7-11-16-29/h6-11,13-20,25,30-33H,4-5,12,21-24H2,1-3H3/t25-,30-,31+,32-,33+/m1/s1. The normalized spacial score (nSPS) is 23.8. The van der Waals surface area contributed by atoms with Crippen molar-refractivity contribution >= 4 is 17.6 Å². The molecule has 0 N–H and O–H groups in total. The van der Waals surface area contributed by atoms with Gasteiger partial charge in [-0.3, -0.25) is 9.69 Å². The summed E-state index contributed by atoms with van der Waals surface area (Å²) in [5, 5.41) is 0. The first-order valence-corrected chi connectivity index (χ1v) is 15.3. The van der Waals surface area contributed by atoms with Crippen LogP contribution in [-0.2, 0) is 4.79 Å². The molecule has 3 aromatic carbocycles. The smallest absolute Gasteiger partial charge is 0.325 e. The maximum absolute atomic E-state index is 14.2. The van der Waals surface area contributed by atoms with Gasteiger partial charge < -0.3 is 14.5 Å². The number of carbonyl (C=O) groups excluding carboxylic acids is 2. The predicted molar refractivity (Wildman–Crippen MR) is 164 cm³/mol. The number of amides is 3. The molecular formula is C35H42FN3O3. The fourth-order valence-electron chi connectivity index (χ4n) is 6.92. The van der Waals surface area contributed by atoms with Crippen molar-refractivity contribution < 1.29 is 18.7 Å². The lowest BCUT2D eigenvalue weighted by molar-refractivity contribution is -0.137. The van der Waals surface area contributed by atoms with Gasteiger partial charge in [0.15, 0.2) is 0 Å². The quantitative estimate of drug-likeness (QED) is 0.247. The lowest BCUT2D eigenvalue weighted by atomic mass is 9.77. The molecule has 1 aliphatic carbocycles. The fraction of sp³-hybridized carbons (Fsp3) is 0.429. The van der Waals surface area contributed by atoms with E-state index in [1.807, 2.05) is 77.1 Å². The van der Waals surface area contributed by atoms with Gasteiger partial charge in [-0.05, 0) is 86.9 Å². The number of nitrogens with zero attached hydrogens (tertiary/aromatic N) is 3. The number of halogens is 1. The van der Waals surface area contributed by atoms with Gasteiger partial charge in [0, 0.05) is 31.2 Å². The van der Waals surface area contributed by atoms with Crippen molar-refractivity contribution in [1.29, 1.82) is 0 Å². The zero-order valence-corrected chi connectivity index (χ0v) is 24.9. The number of carbonyl (C=O) groups is 2. The molecule has 3 aromatic rings. The molecule has 1 saturated heterocycles. The van der Waals surface area contributed by atoms with E-state index in [4.69, 9.17) is 4.74 Å². The summed E-state index contributed by atoms with van der Waals surface area (Å²) in [5.41, 5.74) is 1.87. The Kier molecular flexibility index (Phi) is 9.45. The van der Waals surface area contributed by atoms with Crippen LogP contribution in [0.4, 0.5) is 14.9 Å². The highest BCUT2D eigenvalue weighted by molar-refractivity contribution is 5.96. The Morgan fingerprint density at radius 2 is 1.55 bits per heavy atom. The number of hydrogen-bond donors (Lipinski definition) is 0. The van der Waals surface area contributed by atoms with Crippen LogP contribution in [0, 0.1) is 17.7 Å². The second-order valence-electron chi connectivity index (χ2n) is 11.4. The molecule has 0 unspecified atom stereocenters. The lowest BCUT2D eigenvalue weighted by Gasteiger charge is -2.33. The summed E-state index contributed by atoms with van der Waals surface area (Å²) in [6.45, 7) is 8.55. The zero-order valence-electron chi connectivity index (χ0n) is 24.9. The van der Waals surface area contributed by atoms with Crippen LogP contribution in [0.5, 0.6) is 5.75 Å². The van der Waals surface area contributed by atoms with Gasteiger partial charge in [0.25, 0.3) is 0 Å².